The highest BCUT2D eigenvalue weighted by Crippen LogP contribution is 2.27. The van der Waals surface area contributed by atoms with Crippen molar-refractivity contribution >= 4 is 29.9 Å². The Balaban J connectivity index is 0.00000312. The smallest absolute Gasteiger partial charge is 0.188 e. The lowest BCUT2D eigenvalue weighted by molar-refractivity contribution is 0.354. The summed E-state index contributed by atoms with van der Waals surface area (Å²) in [5, 5.41) is 3.02. The first-order valence-corrected chi connectivity index (χ1v) is 7.62. The summed E-state index contributed by atoms with van der Waals surface area (Å²) in [4.78, 5) is 4.15. The van der Waals surface area contributed by atoms with Gasteiger partial charge in [0, 0.05) is 12.1 Å². The van der Waals surface area contributed by atoms with Crippen molar-refractivity contribution in [3.8, 4) is 11.5 Å². The van der Waals surface area contributed by atoms with Gasteiger partial charge in [0.2, 0.25) is 0 Å². The summed E-state index contributed by atoms with van der Waals surface area (Å²) in [5.41, 5.74) is 7.41. The molecule has 0 saturated heterocycles. The molecule has 0 atom stereocenters. The molecule has 3 N–H and O–H groups in total. The van der Waals surface area contributed by atoms with E-state index in [9.17, 15) is 4.39 Å². The second-order valence-corrected chi connectivity index (χ2v) is 5.16. The molecule has 136 valence electrons. The minimum atomic E-state index is -0.278. The molecule has 0 aliphatic carbocycles. The van der Waals surface area contributed by atoms with Crippen LogP contribution < -0.4 is 20.5 Å². The van der Waals surface area contributed by atoms with E-state index in [1.807, 2.05) is 18.2 Å². The van der Waals surface area contributed by atoms with Gasteiger partial charge in [-0.2, -0.15) is 0 Å². The van der Waals surface area contributed by atoms with Crippen LogP contribution in [0.15, 0.2) is 47.5 Å². The molecule has 0 aromatic heterocycles. The summed E-state index contributed by atoms with van der Waals surface area (Å²) in [6.45, 7) is 0.823. The van der Waals surface area contributed by atoms with E-state index in [-0.39, 0.29) is 36.3 Å². The number of rotatable bonds is 7. The quantitative estimate of drug-likeness (QED) is 0.380. The van der Waals surface area contributed by atoms with E-state index in [4.69, 9.17) is 15.2 Å². The van der Waals surface area contributed by atoms with Gasteiger partial charge < -0.3 is 20.5 Å². The molecule has 25 heavy (non-hydrogen) atoms. The van der Waals surface area contributed by atoms with Crippen LogP contribution in [0.3, 0.4) is 0 Å². The van der Waals surface area contributed by atoms with E-state index in [1.165, 1.54) is 6.07 Å². The molecule has 0 unspecified atom stereocenters. The predicted molar refractivity (Wildman–Crippen MR) is 108 cm³/mol. The molecule has 5 nitrogen and oxygen atoms in total. The summed E-state index contributed by atoms with van der Waals surface area (Å²) < 4.78 is 24.0. The first kappa shape index (κ1) is 21.0. The number of nitrogens with two attached hydrogens (primary N) is 1. The van der Waals surface area contributed by atoms with Gasteiger partial charge in [-0.25, -0.2) is 9.38 Å². The van der Waals surface area contributed by atoms with Crippen LogP contribution in [-0.4, -0.2) is 26.7 Å². The first-order chi connectivity index (χ1) is 11.6. The van der Waals surface area contributed by atoms with Crippen molar-refractivity contribution in [2.24, 2.45) is 10.7 Å². The summed E-state index contributed by atoms with van der Waals surface area (Å²) >= 11 is 0. The van der Waals surface area contributed by atoms with Crippen LogP contribution in [0.1, 0.15) is 11.1 Å². The molecule has 0 bridgehead atoms. The van der Waals surface area contributed by atoms with E-state index in [1.54, 1.807) is 32.4 Å². The average Bonchev–Trinajstić information content (AvgIpc) is 2.61. The molecule has 7 heteroatoms. The van der Waals surface area contributed by atoms with Crippen LogP contribution in [0.25, 0.3) is 0 Å². The lowest BCUT2D eigenvalue weighted by Crippen LogP contribution is -2.33. The Kier molecular flexibility index (Phi) is 9.04. The fourth-order valence-corrected chi connectivity index (χ4v) is 2.22. The molecule has 0 aliphatic heterocycles. The third-order valence-corrected chi connectivity index (χ3v) is 3.55. The van der Waals surface area contributed by atoms with E-state index in [2.05, 4.69) is 10.3 Å². The molecule has 0 amide bonds. The predicted octanol–water partition coefficient (Wildman–Crippen LogP) is 3.11. The van der Waals surface area contributed by atoms with Gasteiger partial charge in [0.05, 0.1) is 20.8 Å². The molecule has 0 radical (unpaired) electrons. The third-order valence-electron chi connectivity index (χ3n) is 3.55. The lowest BCUT2D eigenvalue weighted by Gasteiger charge is -2.10. The van der Waals surface area contributed by atoms with Gasteiger partial charge in [0.25, 0.3) is 0 Å². The Labute approximate surface area is 164 Å². The maximum atomic E-state index is 13.5. The maximum Gasteiger partial charge on any atom is 0.188 e. The molecule has 0 saturated carbocycles. The van der Waals surface area contributed by atoms with Gasteiger partial charge in [-0.15, -0.1) is 24.0 Å². The molecule has 0 spiro atoms. The van der Waals surface area contributed by atoms with Crippen molar-refractivity contribution in [1.82, 2.24) is 5.32 Å². The monoisotopic (exact) mass is 459 g/mol. The van der Waals surface area contributed by atoms with E-state index < -0.39 is 0 Å². The van der Waals surface area contributed by atoms with Crippen LogP contribution in [0.5, 0.6) is 11.5 Å². The largest absolute Gasteiger partial charge is 0.493 e. The Morgan fingerprint density at radius 3 is 2.52 bits per heavy atom. The van der Waals surface area contributed by atoms with Crippen molar-refractivity contribution in [3.05, 3.63) is 59.4 Å². The second-order valence-electron chi connectivity index (χ2n) is 5.16. The standard InChI is InChI=1S/C18H22FN3O2.HI/c1-23-16-8-7-13(11-17(16)24-2)9-10-21-18(20)22-12-14-5-3-4-6-15(14)19;/h3-8,11H,9-10,12H2,1-2H3,(H3,20,21,22);1H. The molecule has 0 aliphatic rings. The van der Waals surface area contributed by atoms with Gasteiger partial charge in [0.15, 0.2) is 17.5 Å². The summed E-state index contributed by atoms with van der Waals surface area (Å²) in [7, 11) is 3.21. The van der Waals surface area contributed by atoms with Crippen molar-refractivity contribution in [1.29, 1.82) is 0 Å². The van der Waals surface area contributed by atoms with Gasteiger partial charge >= 0.3 is 0 Å². The number of benzene rings is 2. The Bertz CT molecular complexity index is 710. The minimum absolute atomic E-state index is 0. The zero-order chi connectivity index (χ0) is 17.4. The number of nitrogens with zero attached hydrogens (tertiary/aromatic N) is 1. The zero-order valence-electron chi connectivity index (χ0n) is 14.3. The van der Waals surface area contributed by atoms with Crippen molar-refractivity contribution in [2.75, 3.05) is 20.8 Å². The van der Waals surface area contributed by atoms with Crippen LogP contribution in [0.2, 0.25) is 0 Å². The van der Waals surface area contributed by atoms with Crippen LogP contribution in [0, 0.1) is 5.82 Å². The van der Waals surface area contributed by atoms with Crippen molar-refractivity contribution < 1.29 is 13.9 Å². The minimum Gasteiger partial charge on any atom is -0.493 e. The van der Waals surface area contributed by atoms with E-state index in [0.717, 1.165) is 12.0 Å². The number of methoxy groups -OCH3 is 2. The van der Waals surface area contributed by atoms with Crippen LogP contribution in [0.4, 0.5) is 4.39 Å². The fourth-order valence-electron chi connectivity index (χ4n) is 2.22. The highest BCUT2D eigenvalue weighted by molar-refractivity contribution is 14.0. The first-order valence-electron chi connectivity index (χ1n) is 7.62. The Morgan fingerprint density at radius 1 is 1.12 bits per heavy atom. The highest BCUT2D eigenvalue weighted by Gasteiger charge is 2.04. The van der Waals surface area contributed by atoms with Crippen LogP contribution in [-0.2, 0) is 13.0 Å². The highest BCUT2D eigenvalue weighted by atomic mass is 127. The summed E-state index contributed by atoms with van der Waals surface area (Å²) in [6, 6.07) is 12.3. The van der Waals surface area contributed by atoms with Gasteiger partial charge in [0.1, 0.15) is 5.82 Å². The molecule has 2 aromatic carbocycles. The average molecular weight is 459 g/mol. The number of nitrogens with one attached hydrogen (secondary N) is 1. The second kappa shape index (κ2) is 10.8. The van der Waals surface area contributed by atoms with Crippen LogP contribution >= 0.6 is 24.0 Å². The number of guanidine groups is 1. The molecular weight excluding hydrogens is 436 g/mol. The van der Waals surface area contributed by atoms with Crippen molar-refractivity contribution in [2.45, 2.75) is 13.0 Å². The van der Waals surface area contributed by atoms with Gasteiger partial charge in [-0.1, -0.05) is 24.3 Å². The van der Waals surface area contributed by atoms with Gasteiger partial charge in [-0.05, 0) is 30.2 Å². The summed E-state index contributed by atoms with van der Waals surface area (Å²) in [6.07, 6.45) is 0.746. The van der Waals surface area contributed by atoms with E-state index in [0.29, 0.717) is 29.6 Å². The zero-order valence-corrected chi connectivity index (χ0v) is 16.6. The molecule has 0 heterocycles. The normalized spacial score (nSPS) is 10.8. The van der Waals surface area contributed by atoms with Gasteiger partial charge in [-0.3, -0.25) is 0 Å². The number of ether oxygens (including phenoxy) is 2. The Morgan fingerprint density at radius 2 is 1.84 bits per heavy atom. The van der Waals surface area contributed by atoms with E-state index >= 15 is 0 Å². The fraction of sp³-hybridized carbons (Fsp3) is 0.278. The number of hydrogen-bond donors (Lipinski definition) is 2. The maximum absolute atomic E-state index is 13.5. The molecule has 2 rings (SSSR count). The number of halogens is 2. The molecular formula is C18H23FIN3O2. The molecule has 0 fully saturated rings. The Hall–Kier alpha value is -2.03. The number of aliphatic imine (C=N–C) groups is 1. The topological polar surface area (TPSA) is 68.9 Å². The SMILES string of the molecule is COc1ccc(CCNC(N)=NCc2ccccc2F)cc1OC.I. The summed E-state index contributed by atoms with van der Waals surface area (Å²) in [5.74, 6) is 1.40. The third kappa shape index (κ3) is 6.41. The number of hydrogen-bond acceptors (Lipinski definition) is 3. The van der Waals surface area contributed by atoms with Crippen molar-refractivity contribution in [3.63, 3.8) is 0 Å². The lowest BCUT2D eigenvalue weighted by atomic mass is 10.1. The molecule has 2 aromatic rings.